The first-order chi connectivity index (χ1) is 35.7. The van der Waals surface area contributed by atoms with Gasteiger partial charge in [0, 0.05) is 67.4 Å². The summed E-state index contributed by atoms with van der Waals surface area (Å²) in [5.74, 6) is 0. The molecule has 72 heavy (non-hydrogen) atoms. The van der Waals surface area contributed by atoms with Crippen molar-refractivity contribution in [2.45, 2.75) is 12.8 Å². The number of para-hydroxylation sites is 3. The summed E-state index contributed by atoms with van der Waals surface area (Å²) in [7, 11) is 0. The molecule has 0 saturated carbocycles. The maximum atomic E-state index is 2.43. The number of hydrogen-bond acceptors (Lipinski definition) is 2. The van der Waals surface area contributed by atoms with Crippen molar-refractivity contribution in [3.8, 4) is 22.5 Å². The van der Waals surface area contributed by atoms with Gasteiger partial charge in [-0.15, -0.1) is 0 Å². The summed E-state index contributed by atoms with van der Waals surface area (Å²) >= 11 is 0. The number of hydrogen-bond donors (Lipinski definition) is 0. The second-order valence-electron chi connectivity index (χ2n) is 18.9. The summed E-state index contributed by atoms with van der Waals surface area (Å²) in [5, 5.41) is 8.71. The molecule has 2 heterocycles. The summed E-state index contributed by atoms with van der Waals surface area (Å²) in [6, 6.07) is 93.1. The quantitative estimate of drug-likeness (QED) is 0.143. The number of nitrogens with zero attached hydrogens (tertiary/aromatic N) is 4. The van der Waals surface area contributed by atoms with Crippen molar-refractivity contribution in [1.29, 1.82) is 0 Å². The van der Waals surface area contributed by atoms with Gasteiger partial charge in [0.2, 0.25) is 0 Å². The van der Waals surface area contributed by atoms with Crippen LogP contribution in [0, 0.1) is 0 Å². The Morgan fingerprint density at radius 1 is 0.306 bits per heavy atom. The van der Waals surface area contributed by atoms with Crippen LogP contribution in [0.15, 0.2) is 261 Å². The lowest BCUT2D eigenvalue weighted by molar-refractivity contribution is 0.967. The molecule has 340 valence electrons. The normalized spacial score (nSPS) is 12.3. The van der Waals surface area contributed by atoms with Crippen molar-refractivity contribution in [2.75, 3.05) is 9.80 Å². The third-order valence-electron chi connectivity index (χ3n) is 14.7. The largest absolute Gasteiger partial charge is 0.310 e. The van der Waals surface area contributed by atoms with Gasteiger partial charge in [-0.2, -0.15) is 0 Å². The van der Waals surface area contributed by atoms with Gasteiger partial charge in [-0.25, -0.2) is 0 Å². The lowest BCUT2D eigenvalue weighted by Gasteiger charge is -2.27. The third kappa shape index (κ3) is 7.07. The molecule has 0 fully saturated rings. The molecule has 4 heteroatoms. The van der Waals surface area contributed by atoms with Gasteiger partial charge in [-0.05, 0) is 172 Å². The van der Waals surface area contributed by atoms with Crippen LogP contribution in [0.5, 0.6) is 0 Å². The van der Waals surface area contributed by atoms with E-state index in [0.717, 1.165) is 69.5 Å². The molecule has 0 bridgehead atoms. The fourth-order valence-corrected chi connectivity index (χ4v) is 11.3. The minimum atomic E-state index is 1.06. The summed E-state index contributed by atoms with van der Waals surface area (Å²) in [5.41, 5.74) is 17.5. The number of aryl methyl sites for hydroxylation is 1. The van der Waals surface area contributed by atoms with Crippen LogP contribution < -0.4 is 9.80 Å². The number of rotatable bonds is 9. The molecule has 0 atom stereocenters. The molecule has 2 aromatic heterocycles. The molecule has 14 rings (SSSR count). The number of allylic oxidation sites excluding steroid dienone is 1. The smallest absolute Gasteiger partial charge is 0.0541 e. The molecule has 0 spiro atoms. The van der Waals surface area contributed by atoms with Gasteiger partial charge in [-0.3, -0.25) is 0 Å². The molecular formula is C68H48N4. The molecule has 0 amide bonds. The van der Waals surface area contributed by atoms with Crippen molar-refractivity contribution in [1.82, 2.24) is 9.13 Å². The van der Waals surface area contributed by atoms with Gasteiger partial charge in [0.15, 0.2) is 0 Å². The first-order valence-electron chi connectivity index (χ1n) is 25.0. The maximum absolute atomic E-state index is 2.43. The van der Waals surface area contributed by atoms with Crippen LogP contribution in [0.4, 0.5) is 34.1 Å². The van der Waals surface area contributed by atoms with E-state index in [2.05, 4.69) is 286 Å². The Morgan fingerprint density at radius 2 is 0.750 bits per heavy atom. The highest BCUT2D eigenvalue weighted by Crippen LogP contribution is 2.42. The lowest BCUT2D eigenvalue weighted by atomic mass is 10.0. The van der Waals surface area contributed by atoms with E-state index >= 15 is 0 Å². The molecular weight excluding hydrogens is 873 g/mol. The zero-order chi connectivity index (χ0) is 47.5. The highest BCUT2D eigenvalue weighted by Gasteiger charge is 2.21. The Kier molecular flexibility index (Phi) is 9.95. The molecule has 1 aliphatic rings. The Morgan fingerprint density at radius 3 is 1.33 bits per heavy atom. The number of fused-ring (bicyclic) bond motifs is 8. The maximum Gasteiger partial charge on any atom is 0.0541 e. The summed E-state index contributed by atoms with van der Waals surface area (Å²) in [6.07, 6.45) is 6.75. The number of benzene rings is 11. The van der Waals surface area contributed by atoms with Crippen molar-refractivity contribution >= 4 is 94.5 Å². The summed E-state index contributed by atoms with van der Waals surface area (Å²) in [6.45, 7) is 0. The molecule has 0 unspecified atom stereocenters. The van der Waals surface area contributed by atoms with Gasteiger partial charge in [0.25, 0.3) is 0 Å². The molecule has 4 nitrogen and oxygen atoms in total. The van der Waals surface area contributed by atoms with E-state index in [1.165, 1.54) is 65.5 Å². The molecule has 0 saturated heterocycles. The standard InChI is InChI=1S/C68H48N4/c1-3-16-50-45-59(34-30-47(50)14-1)69(54-36-40-56(41-37-54)71-65-24-9-5-20-61(65)62-21-6-10-25-66(62)71)53-32-28-49(29-33-53)52-18-13-19-58(44-52)70(60-35-31-48-15-2-4-17-51(48)46-60)55-38-42-57(43-39-55)72-67-26-11-7-22-63(67)64-23-8-12-27-68(64)72/h1-7,9-22,24-46H,8,23H2. The van der Waals surface area contributed by atoms with Crippen LogP contribution in [-0.2, 0) is 6.42 Å². The minimum Gasteiger partial charge on any atom is -0.310 e. The molecule has 13 aromatic rings. The fourth-order valence-electron chi connectivity index (χ4n) is 11.3. The van der Waals surface area contributed by atoms with Crippen molar-refractivity contribution in [3.63, 3.8) is 0 Å². The van der Waals surface area contributed by atoms with Crippen LogP contribution in [0.25, 0.3) is 82.8 Å². The number of aromatic nitrogens is 2. The average Bonchev–Trinajstić information content (AvgIpc) is 3.97. The predicted molar refractivity (Wildman–Crippen MR) is 305 cm³/mol. The highest BCUT2D eigenvalue weighted by molar-refractivity contribution is 6.09. The van der Waals surface area contributed by atoms with E-state index in [0.29, 0.717) is 0 Å². The van der Waals surface area contributed by atoms with Crippen LogP contribution >= 0.6 is 0 Å². The highest BCUT2D eigenvalue weighted by atomic mass is 15.1. The predicted octanol–water partition coefficient (Wildman–Crippen LogP) is 18.6. The fraction of sp³-hybridized carbons (Fsp3) is 0.0294. The lowest BCUT2D eigenvalue weighted by Crippen LogP contribution is -2.10. The van der Waals surface area contributed by atoms with E-state index in [1.54, 1.807) is 0 Å². The van der Waals surface area contributed by atoms with Gasteiger partial charge < -0.3 is 18.9 Å². The average molecular weight is 921 g/mol. The Hall–Kier alpha value is -9.38. The van der Waals surface area contributed by atoms with E-state index in [4.69, 9.17) is 0 Å². The Labute approximate surface area is 418 Å². The second-order valence-corrected chi connectivity index (χ2v) is 18.9. The summed E-state index contributed by atoms with van der Waals surface area (Å²) < 4.78 is 4.81. The van der Waals surface area contributed by atoms with E-state index in [9.17, 15) is 0 Å². The van der Waals surface area contributed by atoms with Gasteiger partial charge in [0.05, 0.1) is 16.6 Å². The first-order valence-corrected chi connectivity index (χ1v) is 25.0. The summed E-state index contributed by atoms with van der Waals surface area (Å²) in [4.78, 5) is 4.76. The van der Waals surface area contributed by atoms with Gasteiger partial charge in [-0.1, -0.05) is 146 Å². The van der Waals surface area contributed by atoms with Crippen molar-refractivity contribution in [2.24, 2.45) is 0 Å². The van der Waals surface area contributed by atoms with Crippen LogP contribution in [-0.4, -0.2) is 9.13 Å². The zero-order valence-electron chi connectivity index (χ0n) is 39.6. The molecule has 1 aliphatic carbocycles. The van der Waals surface area contributed by atoms with Crippen LogP contribution in [0.3, 0.4) is 0 Å². The van der Waals surface area contributed by atoms with Crippen molar-refractivity contribution in [3.05, 3.63) is 272 Å². The Bertz CT molecular complexity index is 4160. The molecule has 11 aromatic carbocycles. The third-order valence-corrected chi connectivity index (χ3v) is 14.7. The topological polar surface area (TPSA) is 16.3 Å². The van der Waals surface area contributed by atoms with E-state index in [1.807, 2.05) is 0 Å². The molecule has 0 N–H and O–H groups in total. The number of anilines is 6. The zero-order valence-corrected chi connectivity index (χ0v) is 39.6. The SMILES string of the molecule is C1=Cc2c(c3ccccc3n2-c2ccc(N(c3cccc(-c4ccc(N(c5ccc(-n6c7ccccc7c7ccccc76)cc5)c5ccc6ccccc6c5)cc4)c3)c3ccc4ccccc4c3)cc2)CC1. The molecule has 0 aliphatic heterocycles. The van der Waals surface area contributed by atoms with Crippen LogP contribution in [0.2, 0.25) is 0 Å². The first kappa shape index (κ1) is 41.6. The molecule has 0 radical (unpaired) electrons. The minimum absolute atomic E-state index is 1.06. The van der Waals surface area contributed by atoms with E-state index < -0.39 is 0 Å². The van der Waals surface area contributed by atoms with Gasteiger partial charge in [0.1, 0.15) is 0 Å². The van der Waals surface area contributed by atoms with Crippen molar-refractivity contribution < 1.29 is 0 Å². The monoisotopic (exact) mass is 920 g/mol. The van der Waals surface area contributed by atoms with E-state index in [-0.39, 0.29) is 0 Å². The van der Waals surface area contributed by atoms with Crippen LogP contribution in [0.1, 0.15) is 17.7 Å². The van der Waals surface area contributed by atoms with Gasteiger partial charge >= 0.3 is 0 Å². The Balaban J connectivity index is 0.838. The second kappa shape index (κ2) is 17.2.